The number of nitrogens with one attached hydrogen (secondary N) is 1. The van der Waals surface area contributed by atoms with Crippen molar-refractivity contribution in [3.63, 3.8) is 0 Å². The smallest absolute Gasteiger partial charge is 0.304 e. The van der Waals surface area contributed by atoms with Crippen molar-refractivity contribution in [3.05, 3.63) is 11.8 Å². The van der Waals surface area contributed by atoms with Crippen LogP contribution in [0.1, 0.15) is 26.0 Å². The van der Waals surface area contributed by atoms with Crippen molar-refractivity contribution in [3.8, 4) is 0 Å². The van der Waals surface area contributed by atoms with E-state index in [0.29, 0.717) is 5.82 Å². The van der Waals surface area contributed by atoms with E-state index in [2.05, 4.69) is 10.2 Å². The van der Waals surface area contributed by atoms with Crippen molar-refractivity contribution in [2.24, 2.45) is 0 Å². The van der Waals surface area contributed by atoms with E-state index in [-0.39, 0.29) is 6.42 Å². The van der Waals surface area contributed by atoms with Gasteiger partial charge in [0.15, 0.2) is 0 Å². The molecule has 0 saturated carbocycles. The van der Waals surface area contributed by atoms with Crippen LogP contribution < -0.4 is 5.73 Å². The van der Waals surface area contributed by atoms with Crippen LogP contribution in [-0.4, -0.2) is 21.3 Å². The van der Waals surface area contributed by atoms with Gasteiger partial charge in [-0.15, -0.1) is 0 Å². The van der Waals surface area contributed by atoms with Gasteiger partial charge in [-0.2, -0.15) is 5.10 Å². The van der Waals surface area contributed by atoms with Crippen molar-refractivity contribution in [1.82, 2.24) is 10.2 Å². The van der Waals surface area contributed by atoms with Crippen LogP contribution in [0, 0.1) is 0 Å². The van der Waals surface area contributed by atoms with Gasteiger partial charge in [-0.1, -0.05) is 13.8 Å². The summed E-state index contributed by atoms with van der Waals surface area (Å²) in [5, 5.41) is 15.1. The van der Waals surface area contributed by atoms with Crippen LogP contribution in [0.4, 0.5) is 5.82 Å². The summed E-state index contributed by atoms with van der Waals surface area (Å²) in [7, 11) is 0. The van der Waals surface area contributed by atoms with Crippen molar-refractivity contribution in [2.75, 3.05) is 5.73 Å². The number of H-pyrrole nitrogens is 1. The van der Waals surface area contributed by atoms with E-state index in [0.717, 1.165) is 5.69 Å². The molecule has 1 aromatic heterocycles. The molecule has 0 aliphatic rings. The van der Waals surface area contributed by atoms with E-state index in [1.54, 1.807) is 6.07 Å². The molecule has 0 spiro atoms. The number of nitrogens with two attached hydrogens (primary N) is 1. The zero-order valence-electron chi connectivity index (χ0n) is 7.66. The Hall–Kier alpha value is -1.52. The third-order valence-electron chi connectivity index (χ3n) is 1.92. The Morgan fingerprint density at radius 1 is 1.77 bits per heavy atom. The van der Waals surface area contributed by atoms with Crippen LogP contribution in [0.15, 0.2) is 6.07 Å². The topological polar surface area (TPSA) is 92.0 Å². The molecular formula is C8H13N3O2. The highest BCUT2D eigenvalue weighted by atomic mass is 16.4. The fourth-order valence-corrected chi connectivity index (χ4v) is 1.16. The van der Waals surface area contributed by atoms with Crippen LogP contribution in [0.25, 0.3) is 0 Å². The molecule has 5 nitrogen and oxygen atoms in total. The zero-order chi connectivity index (χ0) is 10.1. The molecule has 0 atom stereocenters. The lowest BCUT2D eigenvalue weighted by atomic mass is 9.86. The number of nitrogen functional groups attached to an aromatic ring is 1. The molecule has 1 heterocycles. The summed E-state index contributed by atoms with van der Waals surface area (Å²) in [6, 6.07) is 1.66. The summed E-state index contributed by atoms with van der Waals surface area (Å²) in [6.07, 6.45) is 0.0502. The van der Waals surface area contributed by atoms with E-state index in [1.165, 1.54) is 0 Å². The molecule has 0 bridgehead atoms. The fourth-order valence-electron chi connectivity index (χ4n) is 1.16. The second kappa shape index (κ2) is 3.08. The number of carbonyl (C=O) groups is 1. The second-order valence-corrected chi connectivity index (χ2v) is 3.66. The molecule has 72 valence electrons. The van der Waals surface area contributed by atoms with Crippen LogP contribution in [0.3, 0.4) is 0 Å². The van der Waals surface area contributed by atoms with Crippen molar-refractivity contribution >= 4 is 11.8 Å². The van der Waals surface area contributed by atoms with Gasteiger partial charge in [-0.25, -0.2) is 0 Å². The summed E-state index contributed by atoms with van der Waals surface area (Å²) in [5.41, 5.74) is 5.70. The Morgan fingerprint density at radius 3 is 2.77 bits per heavy atom. The maximum absolute atomic E-state index is 10.5. The number of hydrogen-bond donors (Lipinski definition) is 3. The number of nitrogens with zero attached hydrogens (tertiary/aromatic N) is 1. The lowest BCUT2D eigenvalue weighted by Gasteiger charge is -2.19. The fraction of sp³-hybridized carbons (Fsp3) is 0.500. The SMILES string of the molecule is CC(C)(CC(=O)O)c1cc(N)n[nH]1. The summed E-state index contributed by atoms with van der Waals surface area (Å²) in [6.45, 7) is 3.65. The van der Waals surface area contributed by atoms with Gasteiger partial charge >= 0.3 is 5.97 Å². The molecule has 0 aliphatic heterocycles. The molecule has 4 N–H and O–H groups in total. The van der Waals surface area contributed by atoms with E-state index in [4.69, 9.17) is 10.8 Å². The van der Waals surface area contributed by atoms with Crippen molar-refractivity contribution < 1.29 is 9.90 Å². The summed E-state index contributed by atoms with van der Waals surface area (Å²) in [4.78, 5) is 10.5. The second-order valence-electron chi connectivity index (χ2n) is 3.66. The van der Waals surface area contributed by atoms with Crippen molar-refractivity contribution in [2.45, 2.75) is 25.7 Å². The standard InChI is InChI=1S/C8H13N3O2/c1-8(2,4-7(12)13)5-3-6(9)11-10-5/h3H,4H2,1-2H3,(H,12,13)(H3,9,10,11). The van der Waals surface area contributed by atoms with E-state index < -0.39 is 11.4 Å². The first-order valence-electron chi connectivity index (χ1n) is 3.95. The molecule has 0 radical (unpaired) electrons. The number of carboxylic acid groups (broad SMARTS) is 1. The third-order valence-corrected chi connectivity index (χ3v) is 1.92. The lowest BCUT2D eigenvalue weighted by molar-refractivity contribution is -0.138. The predicted molar refractivity (Wildman–Crippen MR) is 48.3 cm³/mol. The molecule has 0 saturated heterocycles. The molecule has 0 aromatic carbocycles. The van der Waals surface area contributed by atoms with Gasteiger partial charge in [0.1, 0.15) is 5.82 Å². The normalized spacial score (nSPS) is 11.5. The average molecular weight is 183 g/mol. The lowest BCUT2D eigenvalue weighted by Crippen LogP contribution is -2.22. The minimum absolute atomic E-state index is 0.0502. The first-order chi connectivity index (χ1) is 5.92. The Morgan fingerprint density at radius 2 is 2.38 bits per heavy atom. The maximum atomic E-state index is 10.5. The number of rotatable bonds is 3. The Kier molecular flexibility index (Phi) is 2.27. The summed E-state index contributed by atoms with van der Waals surface area (Å²) >= 11 is 0. The van der Waals surface area contributed by atoms with Gasteiger partial charge in [0, 0.05) is 17.2 Å². The van der Waals surface area contributed by atoms with Crippen LogP contribution >= 0.6 is 0 Å². The average Bonchev–Trinajstić information content (AvgIpc) is 2.32. The first-order valence-corrected chi connectivity index (χ1v) is 3.95. The molecule has 5 heteroatoms. The molecule has 1 rings (SSSR count). The zero-order valence-corrected chi connectivity index (χ0v) is 7.66. The largest absolute Gasteiger partial charge is 0.481 e. The molecule has 0 amide bonds. The minimum atomic E-state index is -0.835. The number of anilines is 1. The minimum Gasteiger partial charge on any atom is -0.481 e. The predicted octanol–water partition coefficient (Wildman–Crippen LogP) is 0.744. The van der Waals surface area contributed by atoms with Gasteiger partial charge in [-0.3, -0.25) is 9.89 Å². The summed E-state index contributed by atoms with van der Waals surface area (Å²) < 4.78 is 0. The number of aliphatic carboxylic acids is 1. The molecule has 1 aromatic rings. The number of aromatic nitrogens is 2. The van der Waals surface area contributed by atoms with Gasteiger partial charge in [0.25, 0.3) is 0 Å². The van der Waals surface area contributed by atoms with Gasteiger partial charge in [-0.05, 0) is 0 Å². The molecule has 13 heavy (non-hydrogen) atoms. The highest BCUT2D eigenvalue weighted by molar-refractivity contribution is 5.68. The highest BCUT2D eigenvalue weighted by Gasteiger charge is 2.25. The Labute approximate surface area is 75.9 Å². The molecule has 0 unspecified atom stereocenters. The number of aromatic amines is 1. The Bertz CT molecular complexity index is 317. The van der Waals surface area contributed by atoms with E-state index >= 15 is 0 Å². The molecule has 0 fully saturated rings. The van der Waals surface area contributed by atoms with Crippen molar-refractivity contribution in [1.29, 1.82) is 0 Å². The molecule has 0 aliphatic carbocycles. The Balaban J connectivity index is 2.86. The number of hydrogen-bond acceptors (Lipinski definition) is 3. The van der Waals surface area contributed by atoms with E-state index in [9.17, 15) is 4.79 Å². The van der Waals surface area contributed by atoms with Crippen LogP contribution in [-0.2, 0) is 10.2 Å². The highest BCUT2D eigenvalue weighted by Crippen LogP contribution is 2.25. The summed E-state index contributed by atoms with van der Waals surface area (Å²) in [5.74, 6) is -0.452. The van der Waals surface area contributed by atoms with Crippen LogP contribution in [0.5, 0.6) is 0 Å². The molecular weight excluding hydrogens is 170 g/mol. The van der Waals surface area contributed by atoms with Gasteiger partial charge < -0.3 is 10.8 Å². The monoisotopic (exact) mass is 183 g/mol. The first kappa shape index (κ1) is 9.57. The number of carboxylic acids is 1. The van der Waals surface area contributed by atoms with Crippen LogP contribution in [0.2, 0.25) is 0 Å². The quantitative estimate of drug-likeness (QED) is 0.644. The third kappa shape index (κ3) is 2.21. The maximum Gasteiger partial charge on any atom is 0.304 e. The van der Waals surface area contributed by atoms with Gasteiger partial charge in [0.2, 0.25) is 0 Å². The van der Waals surface area contributed by atoms with Gasteiger partial charge in [0.05, 0.1) is 6.42 Å². The van der Waals surface area contributed by atoms with E-state index in [1.807, 2.05) is 13.8 Å².